The van der Waals surface area contributed by atoms with Gasteiger partial charge in [0.1, 0.15) is 10.8 Å². The van der Waals surface area contributed by atoms with Crippen molar-refractivity contribution < 1.29 is 19.1 Å². The van der Waals surface area contributed by atoms with E-state index >= 15 is 0 Å². The van der Waals surface area contributed by atoms with E-state index in [0.29, 0.717) is 27.9 Å². The number of carbonyl (C=O) groups excluding carboxylic acids is 2. The monoisotopic (exact) mass is 407 g/mol. The minimum Gasteiger partial charge on any atom is -0.479 e. The zero-order valence-electron chi connectivity index (χ0n) is 15.3. The van der Waals surface area contributed by atoms with Crippen molar-refractivity contribution in [3.05, 3.63) is 45.3 Å². The normalized spacial score (nSPS) is 14.2. The third-order valence-corrected chi connectivity index (χ3v) is 5.92. The summed E-state index contributed by atoms with van der Waals surface area (Å²) >= 11 is 7.54. The summed E-state index contributed by atoms with van der Waals surface area (Å²) in [5.74, 6) is -0.274. The second kappa shape index (κ2) is 8.76. The van der Waals surface area contributed by atoms with E-state index in [2.05, 4.69) is 5.32 Å². The predicted molar refractivity (Wildman–Crippen MR) is 107 cm³/mol. The molecule has 2 aromatic rings. The number of amides is 1. The molecular weight excluding hydrogens is 386 g/mol. The van der Waals surface area contributed by atoms with Crippen LogP contribution >= 0.6 is 22.9 Å². The van der Waals surface area contributed by atoms with Gasteiger partial charge in [-0.15, -0.1) is 11.3 Å². The molecule has 3 rings (SSSR count). The van der Waals surface area contributed by atoms with Gasteiger partial charge in [0.2, 0.25) is 0 Å². The summed E-state index contributed by atoms with van der Waals surface area (Å²) in [6, 6.07) is 6.99. The fourth-order valence-corrected chi connectivity index (χ4v) is 4.53. The highest BCUT2D eigenvalue weighted by molar-refractivity contribution is 7.17. The van der Waals surface area contributed by atoms with E-state index in [9.17, 15) is 9.59 Å². The summed E-state index contributed by atoms with van der Waals surface area (Å²) in [5.41, 5.74) is 1.51. The van der Waals surface area contributed by atoms with E-state index in [1.54, 1.807) is 38.1 Å². The number of thiophene rings is 1. The number of fused-ring (bicyclic) bond motifs is 1. The number of aryl methyl sites for hydroxylation is 1. The van der Waals surface area contributed by atoms with Crippen LogP contribution in [0.25, 0.3) is 0 Å². The van der Waals surface area contributed by atoms with Crippen LogP contribution in [0, 0.1) is 0 Å². The number of anilines is 1. The highest BCUT2D eigenvalue weighted by Gasteiger charge is 2.28. The Labute approximate surface area is 167 Å². The van der Waals surface area contributed by atoms with Crippen LogP contribution in [-0.2, 0) is 22.4 Å². The summed E-state index contributed by atoms with van der Waals surface area (Å²) in [7, 11) is 0. The van der Waals surface area contributed by atoms with Gasteiger partial charge in [-0.2, -0.15) is 0 Å². The van der Waals surface area contributed by atoms with Gasteiger partial charge >= 0.3 is 5.97 Å². The second-order valence-electron chi connectivity index (χ2n) is 6.32. The van der Waals surface area contributed by atoms with Crippen LogP contribution in [0.4, 0.5) is 5.00 Å². The Hall–Kier alpha value is -2.05. The van der Waals surface area contributed by atoms with Crippen LogP contribution in [0.1, 0.15) is 47.5 Å². The highest BCUT2D eigenvalue weighted by Crippen LogP contribution is 2.38. The van der Waals surface area contributed by atoms with E-state index < -0.39 is 6.10 Å². The molecule has 1 aliphatic rings. The molecule has 0 unspecified atom stereocenters. The Kier molecular flexibility index (Phi) is 6.39. The first-order valence-electron chi connectivity index (χ1n) is 9.05. The highest BCUT2D eigenvalue weighted by atomic mass is 35.5. The number of rotatable bonds is 6. The number of halogens is 1. The lowest BCUT2D eigenvalue weighted by Gasteiger charge is -2.16. The minimum absolute atomic E-state index is 0.295. The fraction of sp³-hybridized carbons (Fsp3) is 0.400. The molecule has 0 saturated heterocycles. The number of nitrogens with one attached hydrogen (secondary N) is 1. The second-order valence-corrected chi connectivity index (χ2v) is 7.83. The lowest BCUT2D eigenvalue weighted by Crippen LogP contribution is -2.30. The van der Waals surface area contributed by atoms with Crippen molar-refractivity contribution in [3.8, 4) is 5.75 Å². The quantitative estimate of drug-likeness (QED) is 0.694. The summed E-state index contributed by atoms with van der Waals surface area (Å²) in [6.45, 7) is 3.72. The van der Waals surface area contributed by atoms with E-state index in [4.69, 9.17) is 21.1 Å². The third-order valence-electron chi connectivity index (χ3n) is 4.40. The van der Waals surface area contributed by atoms with Crippen molar-refractivity contribution in [3.63, 3.8) is 0 Å². The van der Waals surface area contributed by atoms with E-state index in [-0.39, 0.29) is 11.9 Å². The molecule has 0 bridgehead atoms. The van der Waals surface area contributed by atoms with Crippen LogP contribution in [-0.4, -0.2) is 24.6 Å². The Morgan fingerprint density at radius 2 is 2.00 bits per heavy atom. The molecular formula is C20H22ClNO4S. The topological polar surface area (TPSA) is 64.6 Å². The maximum absolute atomic E-state index is 12.6. The first kappa shape index (κ1) is 19.7. The molecule has 1 heterocycles. The number of benzene rings is 1. The molecule has 0 spiro atoms. The first-order valence-corrected chi connectivity index (χ1v) is 10.2. The summed E-state index contributed by atoms with van der Waals surface area (Å²) in [6.07, 6.45) is 3.12. The minimum atomic E-state index is -0.765. The van der Waals surface area contributed by atoms with E-state index in [0.717, 1.165) is 36.1 Å². The standard InChI is InChI=1S/C20H22ClNO4S/c1-3-25-20(24)17-13-8-4-7-11-16(13)27-19(17)22-18(23)12(2)26-15-10-6-5-9-14(15)21/h5-6,9-10,12H,3-4,7-8,11H2,1-2H3,(H,22,23)/t12-/m0/s1. The van der Waals surface area contributed by atoms with Crippen LogP contribution in [0.15, 0.2) is 24.3 Å². The number of hydrogen-bond donors (Lipinski definition) is 1. The van der Waals surface area contributed by atoms with Gasteiger partial charge in [0.15, 0.2) is 6.10 Å². The molecule has 7 heteroatoms. The van der Waals surface area contributed by atoms with Crippen molar-refractivity contribution in [1.29, 1.82) is 0 Å². The molecule has 1 aromatic heterocycles. The molecule has 1 N–H and O–H groups in total. The Bertz CT molecular complexity index is 849. The summed E-state index contributed by atoms with van der Waals surface area (Å²) < 4.78 is 10.9. The van der Waals surface area contributed by atoms with Gasteiger partial charge in [0.05, 0.1) is 17.2 Å². The predicted octanol–water partition coefficient (Wildman–Crippen LogP) is 4.86. The van der Waals surface area contributed by atoms with Crippen molar-refractivity contribution in [2.75, 3.05) is 11.9 Å². The largest absolute Gasteiger partial charge is 0.479 e. The molecule has 0 aliphatic heterocycles. The molecule has 1 atom stereocenters. The van der Waals surface area contributed by atoms with Gasteiger partial charge in [0, 0.05) is 4.88 Å². The average Bonchev–Trinajstić information content (AvgIpc) is 3.01. The van der Waals surface area contributed by atoms with Crippen LogP contribution in [0.5, 0.6) is 5.75 Å². The number of esters is 1. The molecule has 144 valence electrons. The molecule has 1 aromatic carbocycles. The molecule has 0 fully saturated rings. The SMILES string of the molecule is CCOC(=O)c1c(NC(=O)[C@H](C)Oc2ccccc2Cl)sc2c1CCCC2. The lowest BCUT2D eigenvalue weighted by atomic mass is 9.95. The molecule has 27 heavy (non-hydrogen) atoms. The fourth-order valence-electron chi connectivity index (χ4n) is 3.07. The third kappa shape index (κ3) is 4.45. The summed E-state index contributed by atoms with van der Waals surface area (Å²) in [5, 5.41) is 3.84. The van der Waals surface area contributed by atoms with Crippen LogP contribution in [0.3, 0.4) is 0 Å². The lowest BCUT2D eigenvalue weighted by molar-refractivity contribution is -0.122. The average molecular weight is 408 g/mol. The van der Waals surface area contributed by atoms with Gasteiger partial charge < -0.3 is 14.8 Å². The van der Waals surface area contributed by atoms with Crippen LogP contribution < -0.4 is 10.1 Å². The Morgan fingerprint density at radius 1 is 1.26 bits per heavy atom. The Balaban J connectivity index is 1.80. The van der Waals surface area contributed by atoms with Crippen molar-refractivity contribution >= 4 is 39.8 Å². The maximum atomic E-state index is 12.6. The van der Waals surface area contributed by atoms with Gasteiger partial charge in [-0.25, -0.2) is 4.79 Å². The van der Waals surface area contributed by atoms with Crippen LogP contribution in [0.2, 0.25) is 5.02 Å². The number of carbonyl (C=O) groups is 2. The number of hydrogen-bond acceptors (Lipinski definition) is 5. The Morgan fingerprint density at radius 3 is 2.74 bits per heavy atom. The molecule has 1 aliphatic carbocycles. The zero-order valence-corrected chi connectivity index (χ0v) is 16.9. The van der Waals surface area contributed by atoms with Gasteiger partial charge in [-0.05, 0) is 57.2 Å². The molecule has 5 nitrogen and oxygen atoms in total. The van der Waals surface area contributed by atoms with Crippen molar-refractivity contribution in [2.24, 2.45) is 0 Å². The van der Waals surface area contributed by atoms with Crippen molar-refractivity contribution in [2.45, 2.75) is 45.6 Å². The van der Waals surface area contributed by atoms with Gasteiger partial charge in [-0.3, -0.25) is 4.79 Å². The van der Waals surface area contributed by atoms with E-state index in [1.807, 2.05) is 0 Å². The first-order chi connectivity index (χ1) is 13.0. The van der Waals surface area contributed by atoms with E-state index in [1.165, 1.54) is 11.3 Å². The molecule has 1 amide bonds. The van der Waals surface area contributed by atoms with Gasteiger partial charge in [-0.1, -0.05) is 23.7 Å². The zero-order chi connectivity index (χ0) is 19.4. The van der Waals surface area contributed by atoms with Gasteiger partial charge in [0.25, 0.3) is 5.91 Å². The number of para-hydroxylation sites is 1. The molecule has 0 saturated carbocycles. The maximum Gasteiger partial charge on any atom is 0.341 e. The molecule has 0 radical (unpaired) electrons. The smallest absolute Gasteiger partial charge is 0.341 e. The summed E-state index contributed by atoms with van der Waals surface area (Å²) in [4.78, 5) is 26.3. The van der Waals surface area contributed by atoms with Crippen molar-refractivity contribution in [1.82, 2.24) is 0 Å². The number of ether oxygens (including phenoxy) is 2.